The first-order valence-electron chi connectivity index (χ1n) is 6.05. The van der Waals surface area contributed by atoms with E-state index in [1.807, 2.05) is 6.92 Å². The van der Waals surface area contributed by atoms with Crippen LogP contribution in [0.1, 0.15) is 36.5 Å². The molecule has 0 aliphatic carbocycles. The first-order valence-corrected chi connectivity index (χ1v) is 6.05. The van der Waals surface area contributed by atoms with Crippen LogP contribution in [-0.2, 0) is 0 Å². The number of halogens is 2. The van der Waals surface area contributed by atoms with Crippen LogP contribution in [0.15, 0.2) is 18.2 Å². The Morgan fingerprint density at radius 3 is 2.50 bits per heavy atom. The third-order valence-electron chi connectivity index (χ3n) is 2.72. The Kier molecular flexibility index (Phi) is 5.71. The van der Waals surface area contributed by atoms with Crippen LogP contribution in [0.25, 0.3) is 0 Å². The molecule has 0 aliphatic rings. The molecule has 0 bridgehead atoms. The quantitative estimate of drug-likeness (QED) is 0.820. The molecule has 0 aromatic heterocycles. The molecular formula is C13H18F2N2O. The second-order valence-electron chi connectivity index (χ2n) is 4.14. The number of hydrogen-bond donors (Lipinski definition) is 2. The van der Waals surface area contributed by atoms with E-state index in [0.29, 0.717) is 6.42 Å². The summed E-state index contributed by atoms with van der Waals surface area (Å²) in [4.78, 5) is 11.8. The number of carbonyl (C=O) groups excluding carboxylic acids is 1. The van der Waals surface area contributed by atoms with Gasteiger partial charge < -0.3 is 11.1 Å². The van der Waals surface area contributed by atoms with Crippen LogP contribution in [0.5, 0.6) is 0 Å². The summed E-state index contributed by atoms with van der Waals surface area (Å²) in [7, 11) is 0. The van der Waals surface area contributed by atoms with Gasteiger partial charge in [0.15, 0.2) is 0 Å². The Labute approximate surface area is 105 Å². The molecule has 0 radical (unpaired) electrons. The molecule has 0 heterocycles. The molecule has 18 heavy (non-hydrogen) atoms. The number of carbonyl (C=O) groups is 1. The number of amides is 1. The molecule has 1 atom stereocenters. The van der Waals surface area contributed by atoms with Gasteiger partial charge in [0.2, 0.25) is 0 Å². The zero-order valence-corrected chi connectivity index (χ0v) is 10.4. The highest BCUT2D eigenvalue weighted by Crippen LogP contribution is 2.12. The van der Waals surface area contributed by atoms with Crippen LogP contribution in [-0.4, -0.2) is 18.5 Å². The summed E-state index contributed by atoms with van der Waals surface area (Å²) in [5, 5.41) is 2.56. The van der Waals surface area contributed by atoms with Crippen LogP contribution < -0.4 is 11.1 Å². The lowest BCUT2D eigenvalue weighted by atomic mass is 10.1. The number of nitrogens with one attached hydrogen (secondary N) is 1. The lowest BCUT2D eigenvalue weighted by molar-refractivity contribution is 0.0927. The van der Waals surface area contributed by atoms with E-state index in [1.54, 1.807) is 0 Å². The van der Waals surface area contributed by atoms with Gasteiger partial charge in [-0.25, -0.2) is 8.78 Å². The van der Waals surface area contributed by atoms with Crippen molar-refractivity contribution in [2.75, 3.05) is 6.54 Å². The molecule has 1 aromatic carbocycles. The Morgan fingerprint density at radius 2 is 2.00 bits per heavy atom. The van der Waals surface area contributed by atoms with Gasteiger partial charge in [0.1, 0.15) is 17.2 Å². The molecule has 3 nitrogen and oxygen atoms in total. The van der Waals surface area contributed by atoms with Crippen LogP contribution in [0.4, 0.5) is 8.78 Å². The van der Waals surface area contributed by atoms with Crippen molar-refractivity contribution in [2.24, 2.45) is 5.73 Å². The Balaban J connectivity index is 2.75. The average Bonchev–Trinajstić information content (AvgIpc) is 2.34. The second-order valence-corrected chi connectivity index (χ2v) is 4.14. The number of benzene rings is 1. The third kappa shape index (κ3) is 3.77. The van der Waals surface area contributed by atoms with Crippen LogP contribution in [0, 0.1) is 11.6 Å². The minimum absolute atomic E-state index is 0.252. The molecule has 1 amide bonds. The van der Waals surface area contributed by atoms with E-state index >= 15 is 0 Å². The highest BCUT2D eigenvalue weighted by Gasteiger charge is 2.19. The first-order chi connectivity index (χ1) is 8.60. The summed E-state index contributed by atoms with van der Waals surface area (Å²) >= 11 is 0. The fraction of sp³-hybridized carbons (Fsp3) is 0.462. The lowest BCUT2D eigenvalue weighted by Gasteiger charge is -2.16. The summed E-state index contributed by atoms with van der Waals surface area (Å²) in [6.45, 7) is 2.27. The Hall–Kier alpha value is -1.49. The standard InChI is InChI=1S/C13H18F2N2O/c1-2-3-5-9(8-16)17-13(18)12-10(14)6-4-7-11(12)15/h4,6-7,9H,2-3,5,8,16H2,1H3,(H,17,18). The molecular weight excluding hydrogens is 238 g/mol. The highest BCUT2D eigenvalue weighted by molar-refractivity contribution is 5.94. The van der Waals surface area contributed by atoms with Crippen molar-refractivity contribution in [1.29, 1.82) is 0 Å². The Morgan fingerprint density at radius 1 is 1.39 bits per heavy atom. The van der Waals surface area contributed by atoms with Gasteiger partial charge in [-0.2, -0.15) is 0 Å². The van der Waals surface area contributed by atoms with Crippen molar-refractivity contribution in [3.8, 4) is 0 Å². The van der Waals surface area contributed by atoms with Gasteiger partial charge in [0, 0.05) is 12.6 Å². The van der Waals surface area contributed by atoms with E-state index in [0.717, 1.165) is 25.0 Å². The topological polar surface area (TPSA) is 55.1 Å². The van der Waals surface area contributed by atoms with E-state index in [4.69, 9.17) is 5.73 Å². The van der Waals surface area contributed by atoms with Gasteiger partial charge in [-0.1, -0.05) is 25.8 Å². The third-order valence-corrected chi connectivity index (χ3v) is 2.72. The second kappa shape index (κ2) is 7.06. The molecule has 0 spiro atoms. The number of unbranched alkanes of at least 4 members (excludes halogenated alkanes) is 1. The van der Waals surface area contributed by atoms with E-state index in [2.05, 4.69) is 5.32 Å². The molecule has 0 aliphatic heterocycles. The summed E-state index contributed by atoms with van der Waals surface area (Å²) in [6.07, 6.45) is 2.58. The van der Waals surface area contributed by atoms with Crippen molar-refractivity contribution >= 4 is 5.91 Å². The summed E-state index contributed by atoms with van der Waals surface area (Å²) in [6, 6.07) is 3.08. The largest absolute Gasteiger partial charge is 0.348 e. The predicted molar refractivity (Wildman–Crippen MR) is 66.2 cm³/mol. The zero-order chi connectivity index (χ0) is 13.5. The monoisotopic (exact) mass is 256 g/mol. The van der Waals surface area contributed by atoms with Crippen molar-refractivity contribution in [3.05, 3.63) is 35.4 Å². The maximum atomic E-state index is 13.4. The van der Waals surface area contributed by atoms with Gasteiger partial charge in [0.25, 0.3) is 5.91 Å². The average molecular weight is 256 g/mol. The van der Waals surface area contributed by atoms with Gasteiger partial charge in [-0.15, -0.1) is 0 Å². The predicted octanol–water partition coefficient (Wildman–Crippen LogP) is 2.21. The van der Waals surface area contributed by atoms with Crippen LogP contribution in [0.2, 0.25) is 0 Å². The molecule has 100 valence electrons. The van der Waals surface area contributed by atoms with Crippen molar-refractivity contribution in [3.63, 3.8) is 0 Å². The number of rotatable bonds is 6. The number of hydrogen-bond acceptors (Lipinski definition) is 2. The van der Waals surface area contributed by atoms with E-state index in [-0.39, 0.29) is 12.6 Å². The van der Waals surface area contributed by atoms with Crippen LogP contribution in [0.3, 0.4) is 0 Å². The van der Waals surface area contributed by atoms with E-state index in [9.17, 15) is 13.6 Å². The van der Waals surface area contributed by atoms with Gasteiger partial charge in [-0.3, -0.25) is 4.79 Å². The van der Waals surface area contributed by atoms with Crippen LogP contribution >= 0.6 is 0 Å². The maximum absolute atomic E-state index is 13.4. The minimum Gasteiger partial charge on any atom is -0.348 e. The first kappa shape index (κ1) is 14.6. The normalized spacial score (nSPS) is 12.2. The van der Waals surface area contributed by atoms with E-state index < -0.39 is 23.1 Å². The maximum Gasteiger partial charge on any atom is 0.257 e. The molecule has 0 saturated heterocycles. The van der Waals surface area contributed by atoms with E-state index in [1.165, 1.54) is 6.07 Å². The van der Waals surface area contributed by atoms with Crippen molar-refractivity contribution in [2.45, 2.75) is 32.2 Å². The SMILES string of the molecule is CCCCC(CN)NC(=O)c1c(F)cccc1F. The Bertz CT molecular complexity index is 390. The van der Waals surface area contributed by atoms with Gasteiger partial charge in [-0.05, 0) is 18.6 Å². The highest BCUT2D eigenvalue weighted by atomic mass is 19.1. The minimum atomic E-state index is -0.862. The van der Waals surface area contributed by atoms with Crippen molar-refractivity contribution in [1.82, 2.24) is 5.32 Å². The fourth-order valence-corrected chi connectivity index (χ4v) is 1.67. The molecule has 0 fully saturated rings. The number of nitrogens with two attached hydrogens (primary N) is 1. The molecule has 1 rings (SSSR count). The van der Waals surface area contributed by atoms with Crippen molar-refractivity contribution < 1.29 is 13.6 Å². The molecule has 5 heteroatoms. The summed E-state index contributed by atoms with van der Waals surface area (Å²) in [5.74, 6) is -2.48. The zero-order valence-electron chi connectivity index (χ0n) is 10.4. The molecule has 1 aromatic rings. The summed E-state index contributed by atoms with van der Waals surface area (Å²) < 4.78 is 26.8. The lowest BCUT2D eigenvalue weighted by Crippen LogP contribution is -2.40. The molecule has 0 saturated carbocycles. The summed E-state index contributed by atoms with van der Waals surface area (Å²) in [5.41, 5.74) is 4.97. The smallest absolute Gasteiger partial charge is 0.257 e. The molecule has 3 N–H and O–H groups in total. The molecule has 1 unspecified atom stereocenters. The fourth-order valence-electron chi connectivity index (χ4n) is 1.67. The van der Waals surface area contributed by atoms with Gasteiger partial charge >= 0.3 is 0 Å². The van der Waals surface area contributed by atoms with Gasteiger partial charge in [0.05, 0.1) is 0 Å².